The summed E-state index contributed by atoms with van der Waals surface area (Å²) in [6.45, 7) is 3.18. The Kier molecular flexibility index (Phi) is 4.03. The molecule has 1 unspecified atom stereocenters. The van der Waals surface area contributed by atoms with Crippen LogP contribution in [-0.2, 0) is 9.53 Å². The smallest absolute Gasteiger partial charge is 0.355 e. The van der Waals surface area contributed by atoms with Gasteiger partial charge in [-0.1, -0.05) is 0 Å². The van der Waals surface area contributed by atoms with Gasteiger partial charge in [0.2, 0.25) is 5.91 Å². The van der Waals surface area contributed by atoms with Crippen molar-refractivity contribution in [2.24, 2.45) is 5.73 Å². The van der Waals surface area contributed by atoms with Gasteiger partial charge in [-0.15, -0.1) is 0 Å². The van der Waals surface area contributed by atoms with Gasteiger partial charge in [-0.05, 0) is 13.8 Å². The predicted octanol–water partition coefficient (Wildman–Crippen LogP) is 0.619. The molecular weight excluding hydrogens is 242 g/mol. The standard InChI is InChI=1S/C10H13N3O5/c1-3-18-10(15)8-4-7(13(16)17)5-12(8)6(2)9(11)14/h4-6H,3H2,1-2H3,(H2,11,14). The second kappa shape index (κ2) is 5.30. The number of carbonyl (C=O) groups is 2. The predicted molar refractivity (Wildman–Crippen MR) is 60.9 cm³/mol. The summed E-state index contributed by atoms with van der Waals surface area (Å²) in [4.78, 5) is 32.7. The highest BCUT2D eigenvalue weighted by Gasteiger charge is 2.25. The van der Waals surface area contributed by atoms with Gasteiger partial charge < -0.3 is 15.0 Å². The molecular formula is C10H13N3O5. The molecule has 1 heterocycles. The molecule has 0 bridgehead atoms. The summed E-state index contributed by atoms with van der Waals surface area (Å²) in [5.74, 6) is -1.44. The fourth-order valence-electron chi connectivity index (χ4n) is 1.39. The van der Waals surface area contributed by atoms with Crippen molar-refractivity contribution in [3.63, 3.8) is 0 Å². The Labute approximate surface area is 102 Å². The number of ether oxygens (including phenoxy) is 1. The number of hydrogen-bond acceptors (Lipinski definition) is 5. The fraction of sp³-hybridized carbons (Fsp3) is 0.400. The number of nitro groups is 1. The summed E-state index contributed by atoms with van der Waals surface area (Å²) < 4.78 is 5.89. The van der Waals surface area contributed by atoms with E-state index < -0.39 is 22.8 Å². The zero-order valence-electron chi connectivity index (χ0n) is 9.95. The van der Waals surface area contributed by atoms with Crippen LogP contribution in [0, 0.1) is 10.1 Å². The van der Waals surface area contributed by atoms with Crippen molar-refractivity contribution < 1.29 is 19.2 Å². The molecule has 2 N–H and O–H groups in total. The zero-order valence-corrected chi connectivity index (χ0v) is 9.95. The molecule has 8 heteroatoms. The third kappa shape index (κ3) is 2.65. The van der Waals surface area contributed by atoms with Crippen molar-refractivity contribution >= 4 is 17.6 Å². The first-order valence-electron chi connectivity index (χ1n) is 5.21. The van der Waals surface area contributed by atoms with Gasteiger partial charge in [-0.2, -0.15) is 0 Å². The van der Waals surface area contributed by atoms with Gasteiger partial charge in [0.15, 0.2) is 0 Å². The Balaban J connectivity index is 3.25. The topological polar surface area (TPSA) is 117 Å². The van der Waals surface area contributed by atoms with Crippen molar-refractivity contribution in [3.8, 4) is 0 Å². The van der Waals surface area contributed by atoms with Crippen molar-refractivity contribution in [2.75, 3.05) is 6.61 Å². The molecule has 1 aromatic heterocycles. The highest BCUT2D eigenvalue weighted by Crippen LogP contribution is 2.21. The van der Waals surface area contributed by atoms with E-state index in [1.165, 1.54) is 6.92 Å². The number of carbonyl (C=O) groups excluding carboxylic acids is 2. The summed E-state index contributed by atoms with van der Waals surface area (Å²) in [5.41, 5.74) is 4.74. The van der Waals surface area contributed by atoms with Crippen LogP contribution in [0.1, 0.15) is 30.4 Å². The summed E-state index contributed by atoms with van der Waals surface area (Å²) in [6.07, 6.45) is 1.08. The normalized spacial score (nSPS) is 11.9. The molecule has 0 saturated carbocycles. The molecule has 98 valence electrons. The van der Waals surface area contributed by atoms with Gasteiger partial charge >= 0.3 is 5.97 Å². The van der Waals surface area contributed by atoms with E-state index >= 15 is 0 Å². The van der Waals surface area contributed by atoms with Gasteiger partial charge in [0.1, 0.15) is 11.7 Å². The molecule has 0 radical (unpaired) electrons. The number of nitrogens with two attached hydrogens (primary N) is 1. The molecule has 1 aromatic rings. The van der Waals surface area contributed by atoms with Crippen molar-refractivity contribution in [1.29, 1.82) is 0 Å². The van der Waals surface area contributed by atoms with Crippen molar-refractivity contribution in [3.05, 3.63) is 28.1 Å². The average Bonchev–Trinajstić information content (AvgIpc) is 2.72. The maximum atomic E-state index is 11.6. The van der Waals surface area contributed by atoms with E-state index in [1.807, 2.05) is 0 Å². The first kappa shape index (κ1) is 13.7. The molecule has 0 aliphatic heterocycles. The van der Waals surface area contributed by atoms with E-state index in [1.54, 1.807) is 6.92 Å². The lowest BCUT2D eigenvalue weighted by molar-refractivity contribution is -0.384. The lowest BCUT2D eigenvalue weighted by atomic mass is 10.3. The molecule has 1 amide bonds. The molecule has 1 rings (SSSR count). The van der Waals surface area contributed by atoms with Crippen molar-refractivity contribution in [1.82, 2.24) is 4.57 Å². The summed E-state index contributed by atoms with van der Waals surface area (Å²) >= 11 is 0. The largest absolute Gasteiger partial charge is 0.461 e. The van der Waals surface area contributed by atoms with Crippen LogP contribution in [0.15, 0.2) is 12.3 Å². The first-order valence-corrected chi connectivity index (χ1v) is 5.21. The second-order valence-corrected chi connectivity index (χ2v) is 3.55. The van der Waals surface area contributed by atoms with Crippen LogP contribution < -0.4 is 5.73 Å². The van der Waals surface area contributed by atoms with Crippen LogP contribution in [0.5, 0.6) is 0 Å². The van der Waals surface area contributed by atoms with Gasteiger partial charge in [-0.3, -0.25) is 14.9 Å². The number of esters is 1. The number of amides is 1. The van der Waals surface area contributed by atoms with E-state index in [0.717, 1.165) is 16.8 Å². The molecule has 1 atom stereocenters. The van der Waals surface area contributed by atoms with Gasteiger partial charge in [-0.25, -0.2) is 4.79 Å². The monoisotopic (exact) mass is 255 g/mol. The minimum absolute atomic E-state index is 0.0742. The third-order valence-electron chi connectivity index (χ3n) is 2.36. The number of hydrogen-bond donors (Lipinski definition) is 1. The molecule has 8 nitrogen and oxygen atoms in total. The summed E-state index contributed by atoms with van der Waals surface area (Å²) in [5, 5.41) is 10.7. The van der Waals surface area contributed by atoms with E-state index in [0.29, 0.717) is 0 Å². The average molecular weight is 255 g/mol. The minimum atomic E-state index is -0.877. The van der Waals surface area contributed by atoms with Gasteiger partial charge in [0.05, 0.1) is 17.7 Å². The van der Waals surface area contributed by atoms with Crippen LogP contribution in [-0.4, -0.2) is 28.0 Å². The van der Waals surface area contributed by atoms with Crippen LogP contribution in [0.2, 0.25) is 0 Å². The Morgan fingerprint density at radius 1 is 1.61 bits per heavy atom. The van der Waals surface area contributed by atoms with Crippen molar-refractivity contribution in [2.45, 2.75) is 19.9 Å². The SMILES string of the molecule is CCOC(=O)c1cc([N+](=O)[O-])cn1C(C)C(N)=O. The number of rotatable bonds is 5. The Hall–Kier alpha value is -2.38. The molecule has 0 fully saturated rings. The number of primary amides is 1. The number of nitrogens with zero attached hydrogens (tertiary/aromatic N) is 2. The first-order chi connectivity index (χ1) is 8.38. The highest BCUT2D eigenvalue weighted by molar-refractivity contribution is 5.90. The summed E-state index contributed by atoms with van der Waals surface area (Å²) in [6, 6.07) is 0.176. The Morgan fingerprint density at radius 3 is 2.67 bits per heavy atom. The minimum Gasteiger partial charge on any atom is -0.461 e. The third-order valence-corrected chi connectivity index (χ3v) is 2.36. The lowest BCUT2D eigenvalue weighted by Gasteiger charge is -2.12. The molecule has 0 aromatic carbocycles. The van der Waals surface area contributed by atoms with E-state index in [2.05, 4.69) is 0 Å². The molecule has 0 spiro atoms. The zero-order chi connectivity index (χ0) is 13.9. The van der Waals surface area contributed by atoms with Crippen LogP contribution in [0.3, 0.4) is 0 Å². The van der Waals surface area contributed by atoms with Crippen LogP contribution in [0.25, 0.3) is 0 Å². The highest BCUT2D eigenvalue weighted by atomic mass is 16.6. The number of aromatic nitrogens is 1. The van der Waals surface area contributed by atoms with Crippen LogP contribution in [0.4, 0.5) is 5.69 Å². The maximum absolute atomic E-state index is 11.6. The second-order valence-electron chi connectivity index (χ2n) is 3.55. The quantitative estimate of drug-likeness (QED) is 0.470. The molecule has 0 saturated heterocycles. The fourth-order valence-corrected chi connectivity index (χ4v) is 1.39. The Morgan fingerprint density at radius 2 is 2.22 bits per heavy atom. The maximum Gasteiger partial charge on any atom is 0.355 e. The van der Waals surface area contributed by atoms with E-state index in [-0.39, 0.29) is 18.0 Å². The van der Waals surface area contributed by atoms with E-state index in [9.17, 15) is 19.7 Å². The lowest BCUT2D eigenvalue weighted by Crippen LogP contribution is -2.26. The molecule has 18 heavy (non-hydrogen) atoms. The molecule has 0 aliphatic carbocycles. The van der Waals surface area contributed by atoms with Gasteiger partial charge in [0, 0.05) is 6.07 Å². The van der Waals surface area contributed by atoms with Crippen LogP contribution >= 0.6 is 0 Å². The summed E-state index contributed by atoms with van der Waals surface area (Å²) in [7, 11) is 0. The Bertz CT molecular complexity index is 494. The molecule has 0 aliphatic rings. The van der Waals surface area contributed by atoms with Gasteiger partial charge in [0.25, 0.3) is 5.69 Å². The van der Waals surface area contributed by atoms with E-state index in [4.69, 9.17) is 10.5 Å².